The minimum absolute atomic E-state index is 0.0195. The molecular formula is C14H4N6S2. The SMILES string of the molecule is N#CC(C#N)=C1Nc2c(ccc3c2NC(=C(C#N)C#N)S3)S1. The predicted octanol–water partition coefficient (Wildman–Crippen LogP) is 3.24. The molecule has 22 heavy (non-hydrogen) atoms. The van der Waals surface area contributed by atoms with E-state index in [0.717, 1.165) is 21.2 Å². The number of nitrogens with zero attached hydrogens (tertiary/aromatic N) is 4. The fraction of sp³-hybridized carbons (Fsp3) is 0. The third-order valence-electron chi connectivity index (χ3n) is 2.93. The van der Waals surface area contributed by atoms with Gasteiger partial charge in [0.25, 0.3) is 0 Å². The van der Waals surface area contributed by atoms with Gasteiger partial charge in [0.15, 0.2) is 11.1 Å². The summed E-state index contributed by atoms with van der Waals surface area (Å²) in [4.78, 5) is 1.75. The predicted molar refractivity (Wildman–Crippen MR) is 81.9 cm³/mol. The van der Waals surface area contributed by atoms with Crippen LogP contribution in [0.1, 0.15) is 0 Å². The highest BCUT2D eigenvalue weighted by Crippen LogP contribution is 2.53. The van der Waals surface area contributed by atoms with Crippen LogP contribution in [0.2, 0.25) is 0 Å². The molecule has 0 aromatic heterocycles. The Bertz CT molecular complexity index is 821. The van der Waals surface area contributed by atoms with Gasteiger partial charge in [-0.15, -0.1) is 0 Å². The maximum absolute atomic E-state index is 8.95. The lowest BCUT2D eigenvalue weighted by atomic mass is 10.2. The molecule has 0 saturated heterocycles. The van der Waals surface area contributed by atoms with Crippen LogP contribution < -0.4 is 10.6 Å². The van der Waals surface area contributed by atoms with Gasteiger partial charge in [-0.05, 0) is 12.1 Å². The van der Waals surface area contributed by atoms with Gasteiger partial charge in [0.1, 0.15) is 34.3 Å². The van der Waals surface area contributed by atoms with Crippen LogP contribution in [0.4, 0.5) is 11.4 Å². The highest BCUT2D eigenvalue weighted by molar-refractivity contribution is 8.04. The van der Waals surface area contributed by atoms with Gasteiger partial charge in [-0.1, -0.05) is 23.5 Å². The molecule has 0 spiro atoms. The second-order valence-corrected chi connectivity index (χ2v) is 6.23. The molecule has 102 valence electrons. The van der Waals surface area contributed by atoms with Crippen molar-refractivity contribution in [2.75, 3.05) is 10.6 Å². The van der Waals surface area contributed by atoms with Gasteiger partial charge in [-0.25, -0.2) is 0 Å². The minimum Gasteiger partial charge on any atom is -0.346 e. The highest BCUT2D eigenvalue weighted by Gasteiger charge is 2.29. The number of thioether (sulfide) groups is 2. The topological polar surface area (TPSA) is 119 Å². The first-order chi connectivity index (χ1) is 10.7. The third-order valence-corrected chi connectivity index (χ3v) is 5.07. The van der Waals surface area contributed by atoms with Crippen LogP contribution in [0.3, 0.4) is 0 Å². The molecule has 8 heteroatoms. The fourth-order valence-electron chi connectivity index (χ4n) is 1.96. The zero-order valence-electron chi connectivity index (χ0n) is 10.8. The summed E-state index contributed by atoms with van der Waals surface area (Å²) in [6, 6.07) is 11.2. The minimum atomic E-state index is 0.0195. The standard InChI is InChI=1S/C14H4N6S2/c15-3-7(4-16)13-19-11-9(21-13)1-2-10-12(11)20-14(22-10)8(5-17)6-18/h1-2,19-20H. The van der Waals surface area contributed by atoms with Crippen LogP contribution in [0, 0.1) is 45.3 Å². The quantitative estimate of drug-likeness (QED) is 0.699. The summed E-state index contributed by atoms with van der Waals surface area (Å²) in [6.07, 6.45) is 0. The van der Waals surface area contributed by atoms with E-state index in [9.17, 15) is 0 Å². The van der Waals surface area contributed by atoms with E-state index in [2.05, 4.69) is 10.6 Å². The lowest BCUT2D eigenvalue weighted by Gasteiger charge is -2.05. The van der Waals surface area contributed by atoms with E-state index in [1.807, 2.05) is 36.4 Å². The second-order valence-electron chi connectivity index (χ2n) is 4.12. The number of nitrogens with one attached hydrogen (secondary N) is 2. The first-order valence-electron chi connectivity index (χ1n) is 5.87. The van der Waals surface area contributed by atoms with Crippen molar-refractivity contribution in [1.29, 1.82) is 21.0 Å². The average Bonchev–Trinajstić information content (AvgIpc) is 3.13. The number of allylic oxidation sites excluding steroid dienone is 2. The van der Waals surface area contributed by atoms with Crippen LogP contribution in [0.15, 0.2) is 43.1 Å². The first kappa shape index (κ1) is 13.9. The molecule has 0 aliphatic carbocycles. The maximum atomic E-state index is 8.95. The van der Waals surface area contributed by atoms with Crippen molar-refractivity contribution >= 4 is 34.9 Å². The van der Waals surface area contributed by atoms with Gasteiger partial charge in [0.05, 0.1) is 11.4 Å². The van der Waals surface area contributed by atoms with Crippen molar-refractivity contribution < 1.29 is 0 Å². The zero-order chi connectivity index (χ0) is 15.7. The van der Waals surface area contributed by atoms with Gasteiger partial charge in [-0.2, -0.15) is 21.0 Å². The van der Waals surface area contributed by atoms with Crippen LogP contribution >= 0.6 is 23.5 Å². The van der Waals surface area contributed by atoms with Gasteiger partial charge < -0.3 is 10.6 Å². The number of hydrogen-bond acceptors (Lipinski definition) is 8. The van der Waals surface area contributed by atoms with Crippen molar-refractivity contribution in [2.24, 2.45) is 0 Å². The molecule has 3 rings (SSSR count). The molecule has 1 aromatic rings. The molecule has 2 heterocycles. The number of benzene rings is 1. The number of hydrogen-bond donors (Lipinski definition) is 2. The zero-order valence-corrected chi connectivity index (χ0v) is 12.4. The Morgan fingerprint density at radius 3 is 1.41 bits per heavy atom. The monoisotopic (exact) mass is 320 g/mol. The molecule has 0 amide bonds. The van der Waals surface area contributed by atoms with Crippen LogP contribution in [0.5, 0.6) is 0 Å². The van der Waals surface area contributed by atoms with E-state index in [1.165, 1.54) is 23.5 Å². The smallest absolute Gasteiger partial charge is 0.160 e. The lowest BCUT2D eigenvalue weighted by Crippen LogP contribution is -1.98. The Hall–Kier alpha value is -3.04. The summed E-state index contributed by atoms with van der Waals surface area (Å²) in [5.41, 5.74) is 1.54. The summed E-state index contributed by atoms with van der Waals surface area (Å²) in [7, 11) is 0. The van der Waals surface area contributed by atoms with Gasteiger partial charge in [0.2, 0.25) is 0 Å². The molecule has 2 aliphatic heterocycles. The average molecular weight is 320 g/mol. The van der Waals surface area contributed by atoms with Crippen molar-refractivity contribution in [1.82, 2.24) is 0 Å². The third kappa shape index (κ3) is 2.05. The summed E-state index contributed by atoms with van der Waals surface area (Å²) in [6.45, 7) is 0. The Morgan fingerprint density at radius 2 is 1.09 bits per heavy atom. The molecule has 0 saturated carbocycles. The molecule has 2 aliphatic rings. The number of fused-ring (bicyclic) bond motifs is 3. The van der Waals surface area contributed by atoms with E-state index < -0.39 is 0 Å². The van der Waals surface area contributed by atoms with E-state index in [4.69, 9.17) is 21.0 Å². The second kappa shape index (κ2) is 5.39. The fourth-order valence-corrected chi connectivity index (χ4v) is 3.88. The van der Waals surface area contributed by atoms with E-state index in [-0.39, 0.29) is 11.1 Å². The number of anilines is 2. The maximum Gasteiger partial charge on any atom is 0.160 e. The normalized spacial score (nSPS) is 13.5. The Balaban J connectivity index is 2.06. The molecule has 1 aromatic carbocycles. The molecule has 0 bridgehead atoms. The van der Waals surface area contributed by atoms with E-state index >= 15 is 0 Å². The summed E-state index contributed by atoms with van der Waals surface area (Å²) in [5, 5.41) is 42.9. The van der Waals surface area contributed by atoms with Gasteiger partial charge in [-0.3, -0.25) is 0 Å². The van der Waals surface area contributed by atoms with E-state index in [1.54, 1.807) is 0 Å². The highest BCUT2D eigenvalue weighted by atomic mass is 32.2. The van der Waals surface area contributed by atoms with Crippen molar-refractivity contribution in [3.05, 3.63) is 33.3 Å². The molecule has 0 atom stereocenters. The van der Waals surface area contributed by atoms with Crippen molar-refractivity contribution in [2.45, 2.75) is 9.79 Å². The molecule has 6 nitrogen and oxygen atoms in total. The summed E-state index contributed by atoms with van der Waals surface area (Å²) >= 11 is 2.62. The number of nitriles is 4. The number of rotatable bonds is 0. The molecule has 0 fully saturated rings. The molecular weight excluding hydrogens is 316 g/mol. The van der Waals surface area contributed by atoms with E-state index in [0.29, 0.717) is 10.1 Å². The van der Waals surface area contributed by atoms with Gasteiger partial charge in [0, 0.05) is 9.79 Å². The Morgan fingerprint density at radius 1 is 0.727 bits per heavy atom. The van der Waals surface area contributed by atoms with Crippen LogP contribution in [-0.2, 0) is 0 Å². The van der Waals surface area contributed by atoms with Crippen LogP contribution in [-0.4, -0.2) is 0 Å². The summed E-state index contributed by atoms with van der Waals surface area (Å²) in [5.74, 6) is 0. The Labute approximate surface area is 134 Å². The van der Waals surface area contributed by atoms with Gasteiger partial charge >= 0.3 is 0 Å². The van der Waals surface area contributed by atoms with Crippen LogP contribution in [0.25, 0.3) is 0 Å². The molecule has 2 N–H and O–H groups in total. The molecule has 0 radical (unpaired) electrons. The lowest BCUT2D eigenvalue weighted by molar-refractivity contribution is 1.35. The largest absolute Gasteiger partial charge is 0.346 e. The summed E-state index contributed by atoms with van der Waals surface area (Å²) < 4.78 is 0. The first-order valence-corrected chi connectivity index (χ1v) is 7.50. The van der Waals surface area contributed by atoms with Crippen molar-refractivity contribution in [3.8, 4) is 24.3 Å². The molecule has 0 unspecified atom stereocenters. The van der Waals surface area contributed by atoms with Crippen molar-refractivity contribution in [3.63, 3.8) is 0 Å². The Kier molecular flexibility index (Phi) is 3.41.